The monoisotopic (exact) mass is 331 g/mol. The second kappa shape index (κ2) is 7.40. The van der Waals surface area contributed by atoms with Crippen LogP contribution in [-0.4, -0.2) is 51.2 Å². The summed E-state index contributed by atoms with van der Waals surface area (Å²) >= 11 is 0. The van der Waals surface area contributed by atoms with Crippen molar-refractivity contribution in [1.82, 2.24) is 4.90 Å². The van der Waals surface area contributed by atoms with E-state index in [1.54, 1.807) is 38.7 Å². The van der Waals surface area contributed by atoms with Crippen LogP contribution in [0.15, 0.2) is 41.0 Å². The topological polar surface area (TPSA) is 56.3 Å². The first-order valence-electron chi connectivity index (χ1n) is 8.08. The number of hydrogen-bond acceptors (Lipinski definition) is 4. The molecule has 1 aliphatic rings. The number of ether oxygens (including phenoxy) is 2. The molecule has 1 fully saturated rings. The molecule has 6 heteroatoms. The van der Waals surface area contributed by atoms with Crippen molar-refractivity contribution >= 4 is 5.91 Å². The Balaban J connectivity index is 1.60. The molecule has 0 radical (unpaired) electrons. The normalized spacial score (nSPS) is 15.3. The molecule has 0 saturated carbocycles. The van der Waals surface area contributed by atoms with Crippen molar-refractivity contribution in [3.05, 3.63) is 47.9 Å². The SMILES string of the molecule is COc1ccc(C(=O)N2CC[NH+](Cc3ccco3)CC2)cc1OC. The lowest BCUT2D eigenvalue weighted by molar-refractivity contribution is -0.918. The molecule has 0 atom stereocenters. The maximum atomic E-state index is 12.7. The summed E-state index contributed by atoms with van der Waals surface area (Å²) in [6.07, 6.45) is 1.70. The van der Waals surface area contributed by atoms with Gasteiger partial charge in [-0.2, -0.15) is 0 Å². The van der Waals surface area contributed by atoms with Crippen LogP contribution >= 0.6 is 0 Å². The highest BCUT2D eigenvalue weighted by atomic mass is 16.5. The molecule has 2 heterocycles. The number of amides is 1. The molecule has 1 aromatic carbocycles. The van der Waals surface area contributed by atoms with Gasteiger partial charge >= 0.3 is 0 Å². The number of rotatable bonds is 5. The van der Waals surface area contributed by atoms with Crippen LogP contribution in [-0.2, 0) is 6.54 Å². The third-order valence-corrected chi connectivity index (χ3v) is 4.39. The summed E-state index contributed by atoms with van der Waals surface area (Å²) in [7, 11) is 3.16. The fourth-order valence-corrected chi connectivity index (χ4v) is 3.01. The van der Waals surface area contributed by atoms with Gasteiger partial charge < -0.3 is 23.7 Å². The lowest BCUT2D eigenvalue weighted by Gasteiger charge is -2.32. The largest absolute Gasteiger partial charge is 0.493 e. The summed E-state index contributed by atoms with van der Waals surface area (Å²) < 4.78 is 15.9. The molecule has 1 N–H and O–H groups in total. The molecule has 3 rings (SSSR count). The van der Waals surface area contributed by atoms with Gasteiger partial charge in [-0.1, -0.05) is 0 Å². The summed E-state index contributed by atoms with van der Waals surface area (Å²) in [5, 5.41) is 0. The number of nitrogens with zero attached hydrogens (tertiary/aromatic N) is 1. The molecule has 6 nitrogen and oxygen atoms in total. The molecule has 0 unspecified atom stereocenters. The van der Waals surface area contributed by atoms with Crippen molar-refractivity contribution in [1.29, 1.82) is 0 Å². The number of quaternary nitrogens is 1. The van der Waals surface area contributed by atoms with Crippen molar-refractivity contribution in [2.45, 2.75) is 6.54 Å². The van der Waals surface area contributed by atoms with E-state index in [0.717, 1.165) is 38.5 Å². The first kappa shape index (κ1) is 16.4. The van der Waals surface area contributed by atoms with Crippen LogP contribution in [0.1, 0.15) is 16.1 Å². The van der Waals surface area contributed by atoms with Crippen molar-refractivity contribution < 1.29 is 23.6 Å². The minimum Gasteiger partial charge on any atom is -0.493 e. The van der Waals surface area contributed by atoms with Gasteiger partial charge in [-0.05, 0) is 30.3 Å². The zero-order chi connectivity index (χ0) is 16.9. The molecular weight excluding hydrogens is 308 g/mol. The van der Waals surface area contributed by atoms with E-state index >= 15 is 0 Å². The molecular formula is C18H23N2O4+. The van der Waals surface area contributed by atoms with E-state index in [2.05, 4.69) is 0 Å². The van der Waals surface area contributed by atoms with Crippen molar-refractivity contribution in [3.63, 3.8) is 0 Å². The van der Waals surface area contributed by atoms with Crippen molar-refractivity contribution in [2.24, 2.45) is 0 Å². The Bertz CT molecular complexity index is 676. The van der Waals surface area contributed by atoms with Gasteiger partial charge in [0.05, 0.1) is 46.7 Å². The van der Waals surface area contributed by atoms with Crippen molar-refractivity contribution in [3.8, 4) is 11.5 Å². The third-order valence-electron chi connectivity index (χ3n) is 4.39. The summed E-state index contributed by atoms with van der Waals surface area (Å²) in [5.41, 5.74) is 0.627. The number of carbonyl (C=O) groups excluding carboxylic acids is 1. The Labute approximate surface area is 141 Å². The maximum absolute atomic E-state index is 12.7. The Kier molecular flexibility index (Phi) is 5.05. The minimum absolute atomic E-state index is 0.0352. The van der Waals surface area contributed by atoms with E-state index in [1.165, 1.54) is 4.90 Å². The highest BCUT2D eigenvalue weighted by Gasteiger charge is 2.25. The van der Waals surface area contributed by atoms with Crippen LogP contribution in [0.4, 0.5) is 0 Å². The number of methoxy groups -OCH3 is 2. The molecule has 1 aliphatic heterocycles. The van der Waals surface area contributed by atoms with Crippen LogP contribution in [0.5, 0.6) is 11.5 Å². The highest BCUT2D eigenvalue weighted by molar-refractivity contribution is 5.95. The van der Waals surface area contributed by atoms with Crippen LogP contribution in [0.2, 0.25) is 0 Å². The minimum atomic E-state index is 0.0352. The Morgan fingerprint density at radius 2 is 1.92 bits per heavy atom. The molecule has 1 saturated heterocycles. The maximum Gasteiger partial charge on any atom is 0.254 e. The fraction of sp³-hybridized carbons (Fsp3) is 0.389. The first-order valence-corrected chi connectivity index (χ1v) is 8.08. The smallest absolute Gasteiger partial charge is 0.254 e. The molecule has 1 aromatic heterocycles. The van der Waals surface area contributed by atoms with Gasteiger partial charge in [0.15, 0.2) is 17.3 Å². The van der Waals surface area contributed by atoms with Gasteiger partial charge in [-0.3, -0.25) is 4.79 Å². The average molecular weight is 331 g/mol. The van der Waals surface area contributed by atoms with Gasteiger partial charge in [0.25, 0.3) is 5.91 Å². The molecule has 2 aromatic rings. The summed E-state index contributed by atoms with van der Waals surface area (Å²) in [5.74, 6) is 2.23. The molecule has 24 heavy (non-hydrogen) atoms. The van der Waals surface area contributed by atoms with E-state index in [4.69, 9.17) is 13.9 Å². The molecule has 0 spiro atoms. The van der Waals surface area contributed by atoms with Gasteiger partial charge in [0, 0.05) is 5.56 Å². The van der Waals surface area contributed by atoms with Crippen LogP contribution in [0.3, 0.4) is 0 Å². The zero-order valence-electron chi connectivity index (χ0n) is 14.1. The van der Waals surface area contributed by atoms with Gasteiger partial charge in [0.1, 0.15) is 6.54 Å². The van der Waals surface area contributed by atoms with Crippen LogP contribution < -0.4 is 14.4 Å². The quantitative estimate of drug-likeness (QED) is 0.882. The molecule has 0 bridgehead atoms. The lowest BCUT2D eigenvalue weighted by Crippen LogP contribution is -3.13. The van der Waals surface area contributed by atoms with E-state index < -0.39 is 0 Å². The lowest BCUT2D eigenvalue weighted by atomic mass is 10.1. The second-order valence-electron chi connectivity index (χ2n) is 5.87. The molecule has 1 amide bonds. The second-order valence-corrected chi connectivity index (χ2v) is 5.87. The van der Waals surface area contributed by atoms with Crippen LogP contribution in [0.25, 0.3) is 0 Å². The van der Waals surface area contributed by atoms with Crippen molar-refractivity contribution in [2.75, 3.05) is 40.4 Å². The molecule has 0 aliphatic carbocycles. The Hall–Kier alpha value is -2.47. The Morgan fingerprint density at radius 1 is 1.17 bits per heavy atom. The van der Waals surface area contributed by atoms with E-state index in [-0.39, 0.29) is 5.91 Å². The standard InChI is InChI=1S/C18H22N2O4/c1-22-16-6-5-14(12-17(16)23-2)18(21)20-9-7-19(8-10-20)13-15-4-3-11-24-15/h3-6,11-12H,7-10,13H2,1-2H3/p+1. The van der Waals surface area contributed by atoms with E-state index in [9.17, 15) is 4.79 Å². The summed E-state index contributed by atoms with van der Waals surface area (Å²) in [6, 6.07) is 9.19. The first-order chi connectivity index (χ1) is 11.7. The number of piperazine rings is 1. The van der Waals surface area contributed by atoms with E-state index in [0.29, 0.717) is 17.1 Å². The number of hydrogen-bond donors (Lipinski definition) is 1. The Morgan fingerprint density at radius 3 is 2.54 bits per heavy atom. The number of carbonyl (C=O) groups is 1. The summed E-state index contributed by atoms with van der Waals surface area (Å²) in [4.78, 5) is 16.0. The number of benzene rings is 1. The fourth-order valence-electron chi connectivity index (χ4n) is 3.01. The summed E-state index contributed by atoms with van der Waals surface area (Å²) in [6.45, 7) is 4.18. The number of furan rings is 1. The third kappa shape index (κ3) is 3.54. The van der Waals surface area contributed by atoms with Gasteiger partial charge in [-0.15, -0.1) is 0 Å². The number of nitrogens with one attached hydrogen (secondary N) is 1. The van der Waals surface area contributed by atoms with E-state index in [1.807, 2.05) is 17.0 Å². The predicted molar refractivity (Wildman–Crippen MR) is 88.6 cm³/mol. The van der Waals surface area contributed by atoms with Gasteiger partial charge in [0.2, 0.25) is 0 Å². The van der Waals surface area contributed by atoms with Crippen LogP contribution in [0, 0.1) is 0 Å². The molecule has 128 valence electrons. The zero-order valence-corrected chi connectivity index (χ0v) is 14.1. The average Bonchev–Trinajstić information content (AvgIpc) is 3.14. The predicted octanol–water partition coefficient (Wildman–Crippen LogP) is 0.838. The highest BCUT2D eigenvalue weighted by Crippen LogP contribution is 2.28. The van der Waals surface area contributed by atoms with Gasteiger partial charge in [-0.25, -0.2) is 0 Å².